The lowest BCUT2D eigenvalue weighted by Crippen LogP contribution is -2.54. The van der Waals surface area contributed by atoms with Crippen LogP contribution in [0.4, 0.5) is 10.6 Å². The number of nitrogens with zero attached hydrogens (tertiary/aromatic N) is 2. The monoisotopic (exact) mass is 575 g/mol. The smallest absolute Gasteiger partial charge is 0.480 e. The van der Waals surface area contributed by atoms with Crippen LogP contribution in [-0.4, -0.2) is 63.7 Å². The van der Waals surface area contributed by atoms with E-state index in [-0.39, 0.29) is 25.0 Å². The molecule has 3 atom stereocenters. The third-order valence-corrected chi connectivity index (χ3v) is 8.63. The summed E-state index contributed by atoms with van der Waals surface area (Å²) in [7, 11) is 0. The predicted molar refractivity (Wildman–Crippen MR) is 157 cm³/mol. The number of aliphatic hydroxyl groups excluding tert-OH is 1. The van der Waals surface area contributed by atoms with E-state index in [1.54, 1.807) is 0 Å². The van der Waals surface area contributed by atoms with E-state index >= 15 is 0 Å². The molecular formula is C33H41N3O6. The molecular weight excluding hydrogens is 534 g/mol. The lowest BCUT2D eigenvalue weighted by Gasteiger charge is -2.43. The summed E-state index contributed by atoms with van der Waals surface area (Å²) in [5.41, 5.74) is 3.21. The van der Waals surface area contributed by atoms with Gasteiger partial charge >= 0.3 is 12.1 Å². The van der Waals surface area contributed by atoms with Gasteiger partial charge in [-0.3, -0.25) is 4.79 Å². The van der Waals surface area contributed by atoms with Crippen molar-refractivity contribution >= 4 is 17.9 Å². The average Bonchev–Trinajstić information content (AvgIpc) is 2.98. The highest BCUT2D eigenvalue weighted by molar-refractivity contribution is 5.73. The van der Waals surface area contributed by atoms with Crippen molar-refractivity contribution in [1.29, 1.82) is 0 Å². The van der Waals surface area contributed by atoms with E-state index in [9.17, 15) is 19.8 Å². The maximum atomic E-state index is 13.0. The van der Waals surface area contributed by atoms with Gasteiger partial charge in [-0.05, 0) is 93.9 Å². The highest BCUT2D eigenvalue weighted by Crippen LogP contribution is 2.37. The van der Waals surface area contributed by atoms with Gasteiger partial charge < -0.3 is 25.1 Å². The minimum absolute atomic E-state index is 0.0512. The molecule has 2 heterocycles. The quantitative estimate of drug-likeness (QED) is 0.205. The Hall–Kier alpha value is -3.61. The fourth-order valence-corrected chi connectivity index (χ4v) is 6.21. The Morgan fingerprint density at radius 1 is 1.10 bits per heavy atom. The lowest BCUT2D eigenvalue weighted by molar-refractivity contribution is -0.217. The highest BCUT2D eigenvalue weighted by Gasteiger charge is 2.42. The molecule has 2 unspecified atom stereocenters. The number of carboxylic acid groups (broad SMARTS) is 1. The maximum Gasteiger partial charge on any atom is 0.528 e. The van der Waals surface area contributed by atoms with Crippen LogP contribution >= 0.6 is 0 Å². The summed E-state index contributed by atoms with van der Waals surface area (Å²) in [5, 5.41) is 24.1. The molecule has 5 rings (SSSR count). The number of nitrogens with one attached hydrogen (secondary N) is 1. The maximum absolute atomic E-state index is 13.0. The first-order valence-electron chi connectivity index (χ1n) is 15.3. The third-order valence-electron chi connectivity index (χ3n) is 8.63. The van der Waals surface area contributed by atoms with Gasteiger partial charge in [0.25, 0.3) is 0 Å². The van der Waals surface area contributed by atoms with Crippen molar-refractivity contribution in [3.8, 4) is 11.8 Å². The number of aryl methyl sites for hydroxylation is 2. The number of ether oxygens (including phenoxy) is 1. The van der Waals surface area contributed by atoms with Gasteiger partial charge in [0.2, 0.25) is 0 Å². The van der Waals surface area contributed by atoms with Gasteiger partial charge in [0.1, 0.15) is 18.0 Å². The summed E-state index contributed by atoms with van der Waals surface area (Å²) >= 11 is 0. The van der Waals surface area contributed by atoms with Crippen LogP contribution in [0.5, 0.6) is 0 Å². The van der Waals surface area contributed by atoms with E-state index < -0.39 is 24.3 Å². The Morgan fingerprint density at radius 3 is 2.69 bits per heavy atom. The van der Waals surface area contributed by atoms with Crippen molar-refractivity contribution in [3.05, 3.63) is 59.3 Å². The predicted octanol–water partition coefficient (Wildman–Crippen LogP) is 4.97. The average molecular weight is 576 g/mol. The molecule has 0 radical (unpaired) electrons. The van der Waals surface area contributed by atoms with Crippen LogP contribution in [0.1, 0.15) is 74.6 Å². The second-order valence-electron chi connectivity index (χ2n) is 11.6. The normalized spacial score (nSPS) is 23.8. The van der Waals surface area contributed by atoms with E-state index in [1.165, 1.54) is 10.6 Å². The molecule has 2 aliphatic carbocycles. The molecule has 0 bridgehead atoms. The fourth-order valence-electron chi connectivity index (χ4n) is 6.21. The van der Waals surface area contributed by atoms with Gasteiger partial charge in [-0.2, -0.15) is 0 Å². The molecule has 2 saturated carbocycles. The Balaban J connectivity index is 1.18. The van der Waals surface area contributed by atoms with E-state index in [0.717, 1.165) is 68.6 Å². The molecule has 0 amide bonds. The molecule has 3 aliphatic rings. The van der Waals surface area contributed by atoms with Crippen molar-refractivity contribution in [2.45, 2.75) is 88.8 Å². The number of aliphatic hydroxyl groups is 1. The Labute approximate surface area is 247 Å². The number of fused-ring (bicyclic) bond motifs is 1. The van der Waals surface area contributed by atoms with E-state index in [0.29, 0.717) is 25.2 Å². The van der Waals surface area contributed by atoms with Crippen LogP contribution in [0, 0.1) is 23.7 Å². The largest absolute Gasteiger partial charge is 0.528 e. The first kappa shape index (κ1) is 29.9. The number of rotatable bonds is 10. The number of hydrogen-bond acceptors (Lipinski definition) is 8. The number of hydrogen-bond donors (Lipinski definition) is 3. The van der Waals surface area contributed by atoms with E-state index in [1.807, 2.05) is 30.3 Å². The molecule has 9 heteroatoms. The Bertz CT molecular complexity index is 1270. The van der Waals surface area contributed by atoms with Gasteiger partial charge in [-0.1, -0.05) is 42.5 Å². The van der Waals surface area contributed by atoms with Crippen LogP contribution in [0.2, 0.25) is 0 Å². The van der Waals surface area contributed by atoms with E-state index in [2.05, 4.69) is 29.3 Å². The molecule has 0 spiro atoms. The van der Waals surface area contributed by atoms with Crippen LogP contribution in [-0.2, 0) is 27.2 Å². The minimum Gasteiger partial charge on any atom is -0.480 e. The zero-order valence-corrected chi connectivity index (χ0v) is 24.0. The summed E-state index contributed by atoms with van der Waals surface area (Å²) in [5.74, 6) is 6.54. The van der Waals surface area contributed by atoms with Crippen LogP contribution in [0.3, 0.4) is 0 Å². The third kappa shape index (κ3) is 7.81. The summed E-state index contributed by atoms with van der Waals surface area (Å²) in [6, 6.07) is 12.5. The summed E-state index contributed by atoms with van der Waals surface area (Å²) in [6.07, 6.45) is 7.38. The first-order valence-corrected chi connectivity index (χ1v) is 15.3. The number of carbonyl (C=O) groups is 2. The number of benzene rings is 1. The number of aliphatic carboxylic acids is 1. The van der Waals surface area contributed by atoms with Crippen LogP contribution in [0.25, 0.3) is 0 Å². The van der Waals surface area contributed by atoms with Crippen molar-refractivity contribution in [1.82, 2.24) is 10.0 Å². The first-order chi connectivity index (χ1) is 20.5. The molecule has 42 heavy (non-hydrogen) atoms. The number of hydroxylamine groups is 2. The highest BCUT2D eigenvalue weighted by atomic mass is 16.8. The number of pyridine rings is 1. The molecule has 2 fully saturated rings. The summed E-state index contributed by atoms with van der Waals surface area (Å²) < 4.78 is 5.75. The lowest BCUT2D eigenvalue weighted by atomic mass is 9.76. The zero-order valence-electron chi connectivity index (χ0n) is 24.0. The van der Waals surface area contributed by atoms with Crippen molar-refractivity contribution < 1.29 is 29.4 Å². The van der Waals surface area contributed by atoms with Crippen LogP contribution < -0.4 is 5.32 Å². The van der Waals surface area contributed by atoms with Gasteiger partial charge in [0, 0.05) is 30.5 Å². The van der Waals surface area contributed by atoms with Crippen LogP contribution in [0.15, 0.2) is 42.5 Å². The molecule has 2 aromatic rings. The molecule has 1 aromatic heterocycles. The number of carbonyl (C=O) groups excluding carboxylic acids is 1. The summed E-state index contributed by atoms with van der Waals surface area (Å²) in [4.78, 5) is 35.5. The second-order valence-corrected chi connectivity index (χ2v) is 11.6. The van der Waals surface area contributed by atoms with Gasteiger partial charge in [0.15, 0.2) is 0 Å². The van der Waals surface area contributed by atoms with Gasteiger partial charge in [0.05, 0.1) is 5.92 Å². The van der Waals surface area contributed by atoms with Gasteiger partial charge in [-0.15, -0.1) is 5.06 Å². The number of carboxylic acids is 1. The van der Waals surface area contributed by atoms with Crippen molar-refractivity contribution in [2.75, 3.05) is 18.5 Å². The number of aromatic nitrogens is 1. The number of anilines is 1. The SMILES string of the molecule is O=C(OC1CCCCC1C#Cc1ccccc1)ON(C1CC(CCc2ccc3c(n2)NCCC3)C1)[C@@H](CCO)C(=O)O. The standard InChI is InChI=1S/C33H41N3O6/c37-20-18-29(32(38)39)36(28-21-24(22-28)13-16-27-17-15-26-10-6-19-34-31(26)35-27)42-33(40)41-30-11-5-4-9-25(30)14-12-23-7-2-1-3-8-23/h1-3,7-8,15,17,24-25,28-30,37H,4-6,9-11,13,16,18-22H2,(H,34,35)(H,38,39)/t24?,25?,28?,29-,30?/m0/s1. The van der Waals surface area contributed by atoms with Crippen molar-refractivity contribution in [2.24, 2.45) is 11.8 Å². The Morgan fingerprint density at radius 2 is 1.90 bits per heavy atom. The minimum atomic E-state index is -1.15. The zero-order chi connectivity index (χ0) is 29.3. The molecule has 0 saturated heterocycles. The van der Waals surface area contributed by atoms with E-state index in [4.69, 9.17) is 14.6 Å². The van der Waals surface area contributed by atoms with Crippen molar-refractivity contribution in [3.63, 3.8) is 0 Å². The molecule has 1 aromatic carbocycles. The fraction of sp³-hybridized carbons (Fsp3) is 0.545. The second kappa shape index (κ2) is 14.5. The topological polar surface area (TPSA) is 121 Å². The molecule has 224 valence electrons. The molecule has 3 N–H and O–H groups in total. The molecule has 1 aliphatic heterocycles. The summed E-state index contributed by atoms with van der Waals surface area (Å²) in [6.45, 7) is 0.618. The molecule has 9 nitrogen and oxygen atoms in total. The Kier molecular flexibility index (Phi) is 10.3. The van der Waals surface area contributed by atoms with Gasteiger partial charge in [-0.25, -0.2) is 9.78 Å².